The Morgan fingerprint density at radius 3 is 1.85 bits per heavy atom. The van der Waals surface area contributed by atoms with Gasteiger partial charge in [-0.25, -0.2) is 0 Å². The first-order valence-corrected chi connectivity index (χ1v) is 8.01. The fourth-order valence-electron chi connectivity index (χ4n) is 2.46. The highest BCUT2D eigenvalue weighted by Crippen LogP contribution is 2.19. The van der Waals surface area contributed by atoms with E-state index in [9.17, 15) is 0 Å². The van der Waals surface area contributed by atoms with E-state index < -0.39 is 0 Å². The van der Waals surface area contributed by atoms with Gasteiger partial charge in [0.1, 0.15) is 0 Å². The van der Waals surface area contributed by atoms with Crippen LogP contribution in [0.25, 0.3) is 0 Å². The van der Waals surface area contributed by atoms with E-state index in [0.29, 0.717) is 11.8 Å². The maximum Gasteiger partial charge on any atom is 0.0366 e. The first kappa shape index (κ1) is 17.0. The number of nitrogens with two attached hydrogens (primary N) is 1. The number of rotatable bonds is 8. The summed E-state index contributed by atoms with van der Waals surface area (Å²) in [6, 6.07) is 9.25. The van der Waals surface area contributed by atoms with Crippen molar-refractivity contribution >= 4 is 5.69 Å². The second kappa shape index (κ2) is 8.31. The molecule has 0 fully saturated rings. The van der Waals surface area contributed by atoms with Crippen molar-refractivity contribution in [3.8, 4) is 0 Å². The molecule has 0 bridgehead atoms. The molecular formula is C18H32N2. The highest BCUT2D eigenvalue weighted by Gasteiger charge is 2.10. The van der Waals surface area contributed by atoms with Gasteiger partial charge in [0.05, 0.1) is 0 Å². The third kappa shape index (κ3) is 5.96. The lowest BCUT2D eigenvalue weighted by atomic mass is 10.0. The third-order valence-corrected chi connectivity index (χ3v) is 3.49. The Bertz CT molecular complexity index is 358. The summed E-state index contributed by atoms with van der Waals surface area (Å²) in [5.74, 6) is 1.36. The van der Waals surface area contributed by atoms with Crippen LogP contribution in [0.1, 0.15) is 46.6 Å². The van der Waals surface area contributed by atoms with Gasteiger partial charge in [-0.15, -0.1) is 0 Å². The number of benzene rings is 1. The molecule has 1 rings (SSSR count). The van der Waals surface area contributed by atoms with Crippen LogP contribution < -0.4 is 10.6 Å². The van der Waals surface area contributed by atoms with Crippen LogP contribution in [0.15, 0.2) is 24.3 Å². The Hall–Kier alpha value is -1.02. The molecule has 1 unspecified atom stereocenters. The van der Waals surface area contributed by atoms with Crippen LogP contribution in [0, 0.1) is 11.8 Å². The highest BCUT2D eigenvalue weighted by molar-refractivity contribution is 5.47. The molecule has 0 amide bonds. The topological polar surface area (TPSA) is 29.3 Å². The predicted octanol–water partition coefficient (Wildman–Crippen LogP) is 4.08. The number of hydrogen-bond acceptors (Lipinski definition) is 2. The molecule has 0 spiro atoms. The molecule has 0 aliphatic rings. The van der Waals surface area contributed by atoms with Gasteiger partial charge in [0.2, 0.25) is 0 Å². The summed E-state index contributed by atoms with van der Waals surface area (Å²) in [6.45, 7) is 13.5. The molecule has 1 aromatic carbocycles. The lowest BCUT2D eigenvalue weighted by molar-refractivity contribution is 0.552. The molecule has 1 atom stereocenters. The molecule has 0 saturated heterocycles. The third-order valence-electron chi connectivity index (χ3n) is 3.49. The van der Waals surface area contributed by atoms with Crippen LogP contribution in [-0.2, 0) is 6.42 Å². The molecule has 0 heterocycles. The second-order valence-electron chi connectivity index (χ2n) is 6.73. The van der Waals surface area contributed by atoms with Crippen LogP contribution in [-0.4, -0.2) is 19.1 Å². The van der Waals surface area contributed by atoms with Crippen molar-refractivity contribution in [2.24, 2.45) is 17.6 Å². The number of hydrogen-bond donors (Lipinski definition) is 1. The molecule has 2 heteroatoms. The molecular weight excluding hydrogens is 244 g/mol. The van der Waals surface area contributed by atoms with Crippen molar-refractivity contribution in [3.63, 3.8) is 0 Å². The maximum atomic E-state index is 6.02. The van der Waals surface area contributed by atoms with Gasteiger partial charge < -0.3 is 10.6 Å². The smallest absolute Gasteiger partial charge is 0.0366 e. The summed E-state index contributed by atoms with van der Waals surface area (Å²) in [4.78, 5) is 2.50. The quantitative estimate of drug-likeness (QED) is 0.775. The lowest BCUT2D eigenvalue weighted by Gasteiger charge is -2.28. The van der Waals surface area contributed by atoms with Crippen molar-refractivity contribution in [3.05, 3.63) is 29.8 Å². The van der Waals surface area contributed by atoms with Crippen molar-refractivity contribution in [1.29, 1.82) is 0 Å². The van der Waals surface area contributed by atoms with Crippen LogP contribution in [0.4, 0.5) is 5.69 Å². The highest BCUT2D eigenvalue weighted by atomic mass is 15.1. The average Bonchev–Trinajstić information content (AvgIpc) is 2.37. The van der Waals surface area contributed by atoms with E-state index in [4.69, 9.17) is 5.73 Å². The van der Waals surface area contributed by atoms with E-state index in [1.165, 1.54) is 11.3 Å². The molecule has 1 aromatic rings. The standard InChI is InChI=1S/C18H32N2/c1-6-17(19)11-16-7-9-18(10-8-16)20(12-14(2)3)13-15(4)5/h7-10,14-15,17H,6,11-13,19H2,1-5H3. The summed E-state index contributed by atoms with van der Waals surface area (Å²) >= 11 is 0. The van der Waals surface area contributed by atoms with E-state index in [2.05, 4.69) is 63.8 Å². The molecule has 2 nitrogen and oxygen atoms in total. The molecule has 20 heavy (non-hydrogen) atoms. The molecule has 114 valence electrons. The van der Waals surface area contributed by atoms with E-state index in [-0.39, 0.29) is 6.04 Å². The van der Waals surface area contributed by atoms with Crippen molar-refractivity contribution in [1.82, 2.24) is 0 Å². The van der Waals surface area contributed by atoms with Gasteiger partial charge in [-0.1, -0.05) is 46.8 Å². The van der Waals surface area contributed by atoms with E-state index in [1.54, 1.807) is 0 Å². The van der Waals surface area contributed by atoms with Gasteiger partial charge >= 0.3 is 0 Å². The first-order chi connectivity index (χ1) is 9.42. The summed E-state index contributed by atoms with van der Waals surface area (Å²) in [6.07, 6.45) is 2.01. The molecule has 0 aliphatic carbocycles. The lowest BCUT2D eigenvalue weighted by Crippen LogP contribution is -2.31. The summed E-state index contributed by atoms with van der Waals surface area (Å²) in [7, 11) is 0. The normalized spacial score (nSPS) is 13.0. The van der Waals surface area contributed by atoms with Crippen LogP contribution in [0.5, 0.6) is 0 Å². The van der Waals surface area contributed by atoms with Crippen LogP contribution in [0.3, 0.4) is 0 Å². The molecule has 0 aromatic heterocycles. The van der Waals surface area contributed by atoms with Crippen LogP contribution >= 0.6 is 0 Å². The molecule has 0 saturated carbocycles. The van der Waals surface area contributed by atoms with Gasteiger partial charge in [0.25, 0.3) is 0 Å². The van der Waals surface area contributed by atoms with Crippen molar-refractivity contribution < 1.29 is 0 Å². The average molecular weight is 276 g/mol. The fourth-order valence-corrected chi connectivity index (χ4v) is 2.46. The summed E-state index contributed by atoms with van der Waals surface area (Å²) in [5, 5.41) is 0. The van der Waals surface area contributed by atoms with Gasteiger partial charge in [-0.3, -0.25) is 0 Å². The second-order valence-corrected chi connectivity index (χ2v) is 6.73. The minimum Gasteiger partial charge on any atom is -0.371 e. The van der Waals surface area contributed by atoms with Crippen LogP contribution in [0.2, 0.25) is 0 Å². The molecule has 0 radical (unpaired) electrons. The van der Waals surface area contributed by atoms with Gasteiger partial charge in [-0.2, -0.15) is 0 Å². The molecule has 0 aliphatic heterocycles. The number of anilines is 1. The Balaban J connectivity index is 2.76. The fraction of sp³-hybridized carbons (Fsp3) is 0.667. The van der Waals surface area contributed by atoms with Gasteiger partial charge in [-0.05, 0) is 42.4 Å². The van der Waals surface area contributed by atoms with E-state index in [1.807, 2.05) is 0 Å². The van der Waals surface area contributed by atoms with Crippen molar-refractivity contribution in [2.75, 3.05) is 18.0 Å². The maximum absolute atomic E-state index is 6.02. The zero-order valence-electron chi connectivity index (χ0n) is 13.9. The predicted molar refractivity (Wildman–Crippen MR) is 90.3 cm³/mol. The monoisotopic (exact) mass is 276 g/mol. The zero-order chi connectivity index (χ0) is 15.1. The van der Waals surface area contributed by atoms with E-state index >= 15 is 0 Å². The minimum atomic E-state index is 0.281. The summed E-state index contributed by atoms with van der Waals surface area (Å²) in [5.41, 5.74) is 8.70. The largest absolute Gasteiger partial charge is 0.371 e. The zero-order valence-corrected chi connectivity index (χ0v) is 13.9. The minimum absolute atomic E-state index is 0.281. The Morgan fingerprint density at radius 2 is 1.45 bits per heavy atom. The van der Waals surface area contributed by atoms with Crippen molar-refractivity contribution in [2.45, 2.75) is 53.5 Å². The Labute approximate surface area is 125 Å². The Morgan fingerprint density at radius 1 is 0.950 bits per heavy atom. The molecule has 2 N–H and O–H groups in total. The first-order valence-electron chi connectivity index (χ1n) is 8.01. The number of nitrogens with zero attached hydrogens (tertiary/aromatic N) is 1. The van der Waals surface area contributed by atoms with E-state index in [0.717, 1.165) is 25.9 Å². The summed E-state index contributed by atoms with van der Waals surface area (Å²) < 4.78 is 0. The SMILES string of the molecule is CCC(N)Cc1ccc(N(CC(C)C)CC(C)C)cc1. The van der Waals surface area contributed by atoms with Gasteiger partial charge in [0, 0.05) is 24.8 Å². The van der Waals surface area contributed by atoms with Gasteiger partial charge in [0.15, 0.2) is 0 Å². The Kier molecular flexibility index (Phi) is 7.08.